The molecule has 1 N–H and O–H groups in total. The highest BCUT2D eigenvalue weighted by molar-refractivity contribution is 5.29. The van der Waals surface area contributed by atoms with Crippen molar-refractivity contribution in [1.29, 1.82) is 0 Å². The van der Waals surface area contributed by atoms with E-state index in [0.29, 0.717) is 11.7 Å². The molecule has 0 amide bonds. The number of rotatable bonds is 6. The Hall–Kier alpha value is -1.80. The topological polar surface area (TPSA) is 23.5 Å². The number of likely N-dealkylation sites (tertiary alicyclic amines) is 1. The summed E-state index contributed by atoms with van der Waals surface area (Å²) in [4.78, 5) is 2.59. The van der Waals surface area contributed by atoms with Crippen molar-refractivity contribution < 1.29 is 5.11 Å². The van der Waals surface area contributed by atoms with E-state index < -0.39 is 0 Å². The van der Waals surface area contributed by atoms with E-state index in [1.807, 2.05) is 0 Å². The summed E-state index contributed by atoms with van der Waals surface area (Å²) in [6, 6.07) is 18.5. The van der Waals surface area contributed by atoms with Crippen LogP contribution in [0.1, 0.15) is 36.3 Å². The highest BCUT2D eigenvalue weighted by atomic mass is 16.3. The van der Waals surface area contributed by atoms with Crippen molar-refractivity contribution in [3.63, 3.8) is 0 Å². The van der Waals surface area contributed by atoms with Gasteiger partial charge >= 0.3 is 0 Å². The van der Waals surface area contributed by atoms with Crippen LogP contribution in [0.15, 0.2) is 54.6 Å². The van der Waals surface area contributed by atoms with Crippen LogP contribution in [-0.2, 0) is 6.42 Å². The fourth-order valence-corrected chi connectivity index (χ4v) is 3.36. The SMILES string of the molecule is Oc1ccc([C@@H]2CCN(CCCCc3ccccc3)C2)cc1. The van der Waals surface area contributed by atoms with E-state index in [2.05, 4.69) is 47.4 Å². The standard InChI is InChI=1S/C20H25NO/c22-20-11-9-18(10-12-20)19-13-15-21(16-19)14-5-4-8-17-6-2-1-3-7-17/h1-3,6-7,9-12,19,22H,4-5,8,13-16H2/t19-/m1/s1. The Bertz CT molecular complexity index is 564. The maximum absolute atomic E-state index is 9.38. The van der Waals surface area contributed by atoms with Gasteiger partial charge in [-0.3, -0.25) is 0 Å². The van der Waals surface area contributed by atoms with Gasteiger partial charge in [0, 0.05) is 6.54 Å². The Morgan fingerprint density at radius 2 is 1.73 bits per heavy atom. The van der Waals surface area contributed by atoms with Crippen LogP contribution >= 0.6 is 0 Å². The summed E-state index contributed by atoms with van der Waals surface area (Å²) >= 11 is 0. The molecule has 3 rings (SSSR count). The van der Waals surface area contributed by atoms with Crippen molar-refractivity contribution in [3.05, 3.63) is 65.7 Å². The zero-order valence-corrected chi connectivity index (χ0v) is 13.1. The van der Waals surface area contributed by atoms with Gasteiger partial charge in [0.15, 0.2) is 0 Å². The first-order valence-corrected chi connectivity index (χ1v) is 8.36. The lowest BCUT2D eigenvalue weighted by molar-refractivity contribution is 0.326. The molecule has 0 saturated carbocycles. The number of phenolic OH excluding ortho intramolecular Hbond substituents is 1. The average molecular weight is 295 g/mol. The molecule has 0 unspecified atom stereocenters. The van der Waals surface area contributed by atoms with E-state index in [-0.39, 0.29) is 0 Å². The van der Waals surface area contributed by atoms with E-state index >= 15 is 0 Å². The van der Waals surface area contributed by atoms with Crippen LogP contribution in [0.25, 0.3) is 0 Å². The second-order valence-corrected chi connectivity index (χ2v) is 6.32. The molecule has 1 heterocycles. The fourth-order valence-electron chi connectivity index (χ4n) is 3.36. The zero-order chi connectivity index (χ0) is 15.2. The summed E-state index contributed by atoms with van der Waals surface area (Å²) in [5, 5.41) is 9.38. The number of aryl methyl sites for hydroxylation is 1. The lowest BCUT2D eigenvalue weighted by Gasteiger charge is -2.16. The maximum Gasteiger partial charge on any atom is 0.115 e. The van der Waals surface area contributed by atoms with Crippen molar-refractivity contribution >= 4 is 0 Å². The van der Waals surface area contributed by atoms with Gasteiger partial charge < -0.3 is 10.0 Å². The van der Waals surface area contributed by atoms with Crippen molar-refractivity contribution in [1.82, 2.24) is 4.90 Å². The number of hydrogen-bond donors (Lipinski definition) is 1. The van der Waals surface area contributed by atoms with Gasteiger partial charge in [-0.15, -0.1) is 0 Å². The van der Waals surface area contributed by atoms with E-state index in [1.54, 1.807) is 12.1 Å². The molecule has 2 heteroatoms. The summed E-state index contributed by atoms with van der Waals surface area (Å²) in [6.07, 6.45) is 4.97. The lowest BCUT2D eigenvalue weighted by atomic mass is 9.98. The highest BCUT2D eigenvalue weighted by Gasteiger charge is 2.23. The van der Waals surface area contributed by atoms with Crippen LogP contribution in [0.2, 0.25) is 0 Å². The highest BCUT2D eigenvalue weighted by Crippen LogP contribution is 2.28. The fraction of sp³-hybridized carbons (Fsp3) is 0.400. The number of aromatic hydroxyl groups is 1. The van der Waals surface area contributed by atoms with Gasteiger partial charge in [-0.25, -0.2) is 0 Å². The minimum atomic E-state index is 0.361. The first-order chi connectivity index (χ1) is 10.8. The predicted octanol–water partition coefficient (Wildman–Crippen LogP) is 4.20. The number of phenols is 1. The third-order valence-corrected chi connectivity index (χ3v) is 4.67. The third kappa shape index (κ3) is 4.11. The predicted molar refractivity (Wildman–Crippen MR) is 91.3 cm³/mol. The summed E-state index contributed by atoms with van der Waals surface area (Å²) in [6.45, 7) is 3.58. The van der Waals surface area contributed by atoms with Gasteiger partial charge in [0.05, 0.1) is 0 Å². The molecule has 2 nitrogen and oxygen atoms in total. The van der Waals surface area contributed by atoms with Gasteiger partial charge in [-0.2, -0.15) is 0 Å². The molecule has 0 aliphatic carbocycles. The average Bonchev–Trinajstić information content (AvgIpc) is 3.02. The van der Waals surface area contributed by atoms with Crippen LogP contribution in [0.4, 0.5) is 0 Å². The van der Waals surface area contributed by atoms with Crippen molar-refractivity contribution in [3.8, 4) is 5.75 Å². The van der Waals surface area contributed by atoms with Crippen LogP contribution in [0.3, 0.4) is 0 Å². The lowest BCUT2D eigenvalue weighted by Crippen LogP contribution is -2.21. The molecule has 1 atom stereocenters. The van der Waals surface area contributed by atoms with Gasteiger partial charge in [0.1, 0.15) is 5.75 Å². The number of unbranched alkanes of at least 4 members (excludes halogenated alkanes) is 1. The molecule has 1 fully saturated rings. The minimum absolute atomic E-state index is 0.361. The Balaban J connectivity index is 1.39. The molecule has 2 aromatic carbocycles. The van der Waals surface area contributed by atoms with Crippen molar-refractivity contribution in [2.75, 3.05) is 19.6 Å². The molecule has 116 valence electrons. The summed E-state index contributed by atoms with van der Waals surface area (Å²) < 4.78 is 0. The number of nitrogens with zero attached hydrogens (tertiary/aromatic N) is 1. The second kappa shape index (κ2) is 7.46. The zero-order valence-electron chi connectivity index (χ0n) is 13.1. The van der Waals surface area contributed by atoms with Gasteiger partial charge in [0.2, 0.25) is 0 Å². The summed E-state index contributed by atoms with van der Waals surface area (Å²) in [5.74, 6) is 0.995. The van der Waals surface area contributed by atoms with E-state index in [9.17, 15) is 5.11 Å². The molecule has 0 spiro atoms. The largest absolute Gasteiger partial charge is 0.508 e. The van der Waals surface area contributed by atoms with Gasteiger partial charge in [-0.05, 0) is 68.0 Å². The van der Waals surface area contributed by atoms with E-state index in [0.717, 1.165) is 6.54 Å². The molecule has 1 aliphatic rings. The molecule has 1 saturated heterocycles. The van der Waals surface area contributed by atoms with Gasteiger partial charge in [0.25, 0.3) is 0 Å². The Morgan fingerprint density at radius 3 is 2.50 bits per heavy atom. The van der Waals surface area contributed by atoms with Crippen molar-refractivity contribution in [2.45, 2.75) is 31.6 Å². The summed E-state index contributed by atoms with van der Waals surface area (Å²) in [5.41, 5.74) is 2.82. The molecular formula is C20H25NO. The molecule has 1 aliphatic heterocycles. The Kier molecular flexibility index (Phi) is 5.12. The molecule has 2 aromatic rings. The molecule has 0 bridgehead atoms. The molecule has 0 aromatic heterocycles. The molecule has 22 heavy (non-hydrogen) atoms. The minimum Gasteiger partial charge on any atom is -0.508 e. The second-order valence-electron chi connectivity index (χ2n) is 6.32. The Labute approximate surface area is 133 Å². The first kappa shape index (κ1) is 15.1. The quantitative estimate of drug-likeness (QED) is 0.807. The van der Waals surface area contributed by atoms with Crippen LogP contribution in [0, 0.1) is 0 Å². The first-order valence-electron chi connectivity index (χ1n) is 8.36. The van der Waals surface area contributed by atoms with E-state index in [4.69, 9.17) is 0 Å². The number of hydrogen-bond acceptors (Lipinski definition) is 2. The molecular weight excluding hydrogens is 270 g/mol. The number of benzene rings is 2. The normalized spacial score (nSPS) is 18.6. The van der Waals surface area contributed by atoms with Crippen LogP contribution in [0.5, 0.6) is 5.75 Å². The monoisotopic (exact) mass is 295 g/mol. The van der Waals surface area contributed by atoms with Crippen LogP contribution in [-0.4, -0.2) is 29.6 Å². The maximum atomic E-state index is 9.38. The smallest absolute Gasteiger partial charge is 0.115 e. The third-order valence-electron chi connectivity index (χ3n) is 4.67. The van der Waals surface area contributed by atoms with Crippen LogP contribution < -0.4 is 0 Å². The Morgan fingerprint density at radius 1 is 0.955 bits per heavy atom. The van der Waals surface area contributed by atoms with Gasteiger partial charge in [-0.1, -0.05) is 42.5 Å². The van der Waals surface area contributed by atoms with Crippen molar-refractivity contribution in [2.24, 2.45) is 0 Å². The summed E-state index contributed by atoms with van der Waals surface area (Å²) in [7, 11) is 0. The molecule has 0 radical (unpaired) electrons. The van der Waals surface area contributed by atoms with E-state index in [1.165, 1.54) is 49.9 Å².